The summed E-state index contributed by atoms with van der Waals surface area (Å²) in [7, 11) is 0. The van der Waals surface area contributed by atoms with E-state index in [0.29, 0.717) is 19.3 Å². The fourth-order valence-corrected chi connectivity index (χ4v) is 6.79. The van der Waals surface area contributed by atoms with E-state index in [9.17, 15) is 14.4 Å². The molecule has 0 aliphatic carbocycles. The molecule has 0 fully saturated rings. The Balaban J connectivity index is 4.52. The van der Waals surface area contributed by atoms with Gasteiger partial charge in [-0.05, 0) is 103 Å². The molecule has 6 nitrogen and oxygen atoms in total. The Labute approximate surface area is 411 Å². The van der Waals surface area contributed by atoms with Crippen molar-refractivity contribution in [3.8, 4) is 0 Å². The van der Waals surface area contributed by atoms with Gasteiger partial charge in [-0.2, -0.15) is 0 Å². The van der Waals surface area contributed by atoms with Gasteiger partial charge >= 0.3 is 17.9 Å². The third kappa shape index (κ3) is 52.4. The molecule has 0 aromatic heterocycles. The normalized spacial score (nSPS) is 13.2. The van der Waals surface area contributed by atoms with Gasteiger partial charge in [-0.1, -0.05) is 225 Å². The van der Waals surface area contributed by atoms with Crippen LogP contribution in [0.1, 0.15) is 213 Å². The predicted molar refractivity (Wildman–Crippen MR) is 288 cm³/mol. The molecule has 6 heteroatoms. The van der Waals surface area contributed by atoms with E-state index in [4.69, 9.17) is 14.2 Å². The maximum atomic E-state index is 12.8. The van der Waals surface area contributed by atoms with Crippen LogP contribution in [0.25, 0.3) is 0 Å². The molecule has 0 amide bonds. The third-order valence-electron chi connectivity index (χ3n) is 10.7. The quantitative estimate of drug-likeness (QED) is 0.0199. The van der Waals surface area contributed by atoms with Gasteiger partial charge in [0.2, 0.25) is 0 Å². The summed E-state index contributed by atoms with van der Waals surface area (Å²) >= 11 is 0. The lowest BCUT2D eigenvalue weighted by molar-refractivity contribution is -0.167. The lowest BCUT2D eigenvalue weighted by Gasteiger charge is -2.18. The van der Waals surface area contributed by atoms with E-state index in [1.54, 1.807) is 0 Å². The van der Waals surface area contributed by atoms with Crippen molar-refractivity contribution in [3.63, 3.8) is 0 Å². The summed E-state index contributed by atoms with van der Waals surface area (Å²) in [5.74, 6) is -1.02. The average Bonchev–Trinajstić information content (AvgIpc) is 3.33. The van der Waals surface area contributed by atoms with E-state index < -0.39 is 6.10 Å². The number of allylic oxidation sites excluding steroid dienone is 22. The Morgan fingerprint density at radius 3 is 1.13 bits per heavy atom. The second-order valence-electron chi connectivity index (χ2n) is 17.1. The van der Waals surface area contributed by atoms with Crippen molar-refractivity contribution in [3.05, 3.63) is 134 Å². The van der Waals surface area contributed by atoms with Crippen LogP contribution in [0.2, 0.25) is 0 Å². The van der Waals surface area contributed by atoms with Crippen LogP contribution in [0.5, 0.6) is 0 Å². The zero-order chi connectivity index (χ0) is 48.6. The van der Waals surface area contributed by atoms with E-state index in [0.717, 1.165) is 103 Å². The van der Waals surface area contributed by atoms with Crippen LogP contribution in [0.4, 0.5) is 0 Å². The smallest absolute Gasteiger partial charge is 0.306 e. The molecule has 0 aliphatic heterocycles. The second-order valence-corrected chi connectivity index (χ2v) is 17.1. The molecule has 0 spiro atoms. The van der Waals surface area contributed by atoms with E-state index in [2.05, 4.69) is 99.8 Å². The van der Waals surface area contributed by atoms with Gasteiger partial charge in [0.1, 0.15) is 13.2 Å². The molecular formula is C61H96O6. The first-order valence-electron chi connectivity index (χ1n) is 26.8. The summed E-state index contributed by atoms with van der Waals surface area (Å²) in [6.07, 6.45) is 75.8. The number of carbonyl (C=O) groups excluding carboxylic acids is 3. The minimum absolute atomic E-state index is 0.116. The SMILES string of the molecule is CC\C=C/C=C\C=C/C=C\C=C/CCCC(=O)OCC(COC(=O)CCCCCCCC/C=C\C/C=C\C/C=C\C/C=C\CC)OC(=O)CCCCCCCCC/C=C\C/C=C\CCCCC. The van der Waals surface area contributed by atoms with Crippen LogP contribution >= 0.6 is 0 Å². The zero-order valence-corrected chi connectivity index (χ0v) is 42.9. The predicted octanol–water partition coefficient (Wildman–Crippen LogP) is 17.9. The molecule has 1 unspecified atom stereocenters. The summed E-state index contributed by atoms with van der Waals surface area (Å²) < 4.78 is 16.7. The van der Waals surface area contributed by atoms with Gasteiger partial charge in [0.05, 0.1) is 0 Å². The molecule has 0 saturated heterocycles. The van der Waals surface area contributed by atoms with Gasteiger partial charge in [-0.25, -0.2) is 0 Å². The molecule has 1 atom stereocenters. The molecule has 0 bridgehead atoms. The van der Waals surface area contributed by atoms with Crippen LogP contribution in [0, 0.1) is 0 Å². The van der Waals surface area contributed by atoms with Crippen molar-refractivity contribution >= 4 is 17.9 Å². The number of hydrogen-bond donors (Lipinski definition) is 0. The summed E-state index contributed by atoms with van der Waals surface area (Å²) in [6, 6.07) is 0. The van der Waals surface area contributed by atoms with E-state index >= 15 is 0 Å². The Morgan fingerprint density at radius 2 is 0.672 bits per heavy atom. The van der Waals surface area contributed by atoms with Gasteiger partial charge < -0.3 is 14.2 Å². The molecule has 0 aliphatic rings. The van der Waals surface area contributed by atoms with Crippen molar-refractivity contribution in [1.82, 2.24) is 0 Å². The van der Waals surface area contributed by atoms with Crippen LogP contribution in [-0.4, -0.2) is 37.2 Å². The third-order valence-corrected chi connectivity index (χ3v) is 10.7. The van der Waals surface area contributed by atoms with Gasteiger partial charge in [-0.15, -0.1) is 0 Å². The Hall–Kier alpha value is -4.45. The van der Waals surface area contributed by atoms with Crippen LogP contribution in [0.15, 0.2) is 134 Å². The highest BCUT2D eigenvalue weighted by atomic mass is 16.6. The number of unbranched alkanes of at least 4 members (excludes halogenated alkanes) is 17. The summed E-state index contributed by atoms with van der Waals surface area (Å²) in [5, 5.41) is 0. The summed E-state index contributed by atoms with van der Waals surface area (Å²) in [4.78, 5) is 38.0. The molecule has 0 radical (unpaired) electrons. The lowest BCUT2D eigenvalue weighted by Crippen LogP contribution is -2.30. The average molecular weight is 925 g/mol. The van der Waals surface area contributed by atoms with Crippen molar-refractivity contribution in [1.29, 1.82) is 0 Å². The van der Waals surface area contributed by atoms with Crippen molar-refractivity contribution in [2.24, 2.45) is 0 Å². The van der Waals surface area contributed by atoms with Crippen LogP contribution < -0.4 is 0 Å². The number of ether oxygens (including phenoxy) is 3. The maximum Gasteiger partial charge on any atom is 0.306 e. The molecule has 0 rings (SSSR count). The number of carbonyl (C=O) groups is 3. The fraction of sp³-hybridized carbons (Fsp3) is 0.590. The maximum absolute atomic E-state index is 12.8. The van der Waals surface area contributed by atoms with Crippen molar-refractivity contribution in [2.75, 3.05) is 13.2 Å². The highest BCUT2D eigenvalue weighted by Gasteiger charge is 2.19. The molecular weight excluding hydrogens is 829 g/mol. The van der Waals surface area contributed by atoms with E-state index in [1.165, 1.54) is 64.2 Å². The largest absolute Gasteiger partial charge is 0.462 e. The van der Waals surface area contributed by atoms with Crippen LogP contribution in [0.3, 0.4) is 0 Å². The molecule has 376 valence electrons. The van der Waals surface area contributed by atoms with Crippen molar-refractivity contribution < 1.29 is 28.6 Å². The summed E-state index contributed by atoms with van der Waals surface area (Å²) in [5.41, 5.74) is 0. The highest BCUT2D eigenvalue weighted by molar-refractivity contribution is 5.71. The molecule has 0 N–H and O–H groups in total. The second kappa shape index (κ2) is 54.2. The topological polar surface area (TPSA) is 78.9 Å². The van der Waals surface area contributed by atoms with E-state index in [-0.39, 0.29) is 37.5 Å². The van der Waals surface area contributed by atoms with Gasteiger partial charge in [-0.3, -0.25) is 14.4 Å². The van der Waals surface area contributed by atoms with Gasteiger partial charge in [0.15, 0.2) is 6.10 Å². The molecule has 0 aromatic rings. The number of hydrogen-bond acceptors (Lipinski definition) is 6. The first kappa shape index (κ1) is 62.5. The highest BCUT2D eigenvalue weighted by Crippen LogP contribution is 2.13. The van der Waals surface area contributed by atoms with Crippen LogP contribution in [-0.2, 0) is 28.6 Å². The first-order valence-corrected chi connectivity index (χ1v) is 26.8. The zero-order valence-electron chi connectivity index (χ0n) is 42.9. The number of esters is 3. The molecule has 0 aromatic carbocycles. The van der Waals surface area contributed by atoms with E-state index in [1.807, 2.05) is 54.7 Å². The van der Waals surface area contributed by atoms with Crippen molar-refractivity contribution in [2.45, 2.75) is 219 Å². The van der Waals surface area contributed by atoms with Gasteiger partial charge in [0.25, 0.3) is 0 Å². The Kier molecular flexibility index (Phi) is 50.6. The molecule has 67 heavy (non-hydrogen) atoms. The Bertz CT molecular complexity index is 1480. The monoisotopic (exact) mass is 925 g/mol. The van der Waals surface area contributed by atoms with Gasteiger partial charge in [0, 0.05) is 19.3 Å². The summed E-state index contributed by atoms with van der Waals surface area (Å²) in [6.45, 7) is 6.26. The fourth-order valence-electron chi connectivity index (χ4n) is 6.79. The first-order chi connectivity index (χ1) is 33.0. The molecule has 0 saturated carbocycles. The number of rotatable bonds is 46. The minimum Gasteiger partial charge on any atom is -0.462 e. The standard InChI is InChI=1S/C61H96O6/c1-4-7-10-13-16-19-22-25-27-29-30-32-33-36-39-42-45-48-51-54-60(63)66-57-58(56-65-59(62)53-50-47-44-41-38-35-24-21-18-15-12-9-6-3)67-61(64)55-52-49-46-43-40-37-34-31-28-26-23-20-17-14-11-8-5-2/h7,9-10,12,15-21,24-28,30,32,35,38,41,44,58H,4-6,8,11,13-14,22-23,29,31,33-34,36-37,39-40,42-43,45-57H2,1-3H3/b10-7-,12-9-,18-15-,19-16-,20-17-,24-21-,27-25-,28-26-,32-30-,38-35-,44-41-. The minimum atomic E-state index is -0.822. The molecule has 0 heterocycles. The Morgan fingerprint density at radius 1 is 0.328 bits per heavy atom. The lowest BCUT2D eigenvalue weighted by atomic mass is 10.1.